The number of nitrogens with zero attached hydrogens (tertiary/aromatic N) is 1. The van der Waals surface area contributed by atoms with Crippen molar-refractivity contribution in [3.05, 3.63) is 59.7 Å². The van der Waals surface area contributed by atoms with E-state index in [4.69, 9.17) is 0 Å². The van der Waals surface area contributed by atoms with E-state index in [1.54, 1.807) is 12.1 Å². The largest absolute Gasteiger partial charge is 0.326 e. The van der Waals surface area contributed by atoms with Crippen LogP contribution in [0.15, 0.2) is 48.5 Å². The molecule has 6 heteroatoms. The van der Waals surface area contributed by atoms with Crippen LogP contribution in [0.1, 0.15) is 17.5 Å². The molecular formula is C19H18N2O3S. The van der Waals surface area contributed by atoms with E-state index in [1.807, 2.05) is 50.2 Å². The van der Waals surface area contributed by atoms with Crippen LogP contribution in [-0.4, -0.2) is 22.3 Å². The molecule has 25 heavy (non-hydrogen) atoms. The number of imide groups is 1. The molecule has 0 bridgehead atoms. The number of carbonyl (C=O) groups excluding carboxylic acids is 3. The fraction of sp³-hybridized carbons (Fsp3) is 0.211. The highest BCUT2D eigenvalue weighted by Gasteiger charge is 2.41. The molecule has 1 saturated heterocycles. The molecule has 1 aliphatic rings. The van der Waals surface area contributed by atoms with Crippen molar-refractivity contribution in [2.75, 3.05) is 10.2 Å². The molecule has 3 rings (SSSR count). The standard InChI is InChI=1S/C19H18N2O3S/c1-12-7-9-14(10-8-12)20-17(22)11-16-18(23)21(19(24)25-16)15-6-4-3-5-13(15)2/h3-10,16H,11H2,1-2H3,(H,20,22)/t16-/m0/s1. The number of thioether (sulfide) groups is 1. The van der Waals surface area contributed by atoms with E-state index < -0.39 is 5.25 Å². The summed E-state index contributed by atoms with van der Waals surface area (Å²) >= 11 is 0.903. The molecule has 0 unspecified atom stereocenters. The first-order chi connectivity index (χ1) is 12.0. The zero-order valence-electron chi connectivity index (χ0n) is 14.0. The van der Waals surface area contributed by atoms with Crippen LogP contribution in [0.25, 0.3) is 0 Å². The lowest BCUT2D eigenvalue weighted by Gasteiger charge is -2.16. The van der Waals surface area contributed by atoms with Crippen molar-refractivity contribution in [2.45, 2.75) is 25.5 Å². The lowest BCUT2D eigenvalue weighted by Crippen LogP contribution is -2.33. The highest BCUT2D eigenvalue weighted by Crippen LogP contribution is 2.34. The quantitative estimate of drug-likeness (QED) is 0.904. The normalized spacial score (nSPS) is 17.0. The molecule has 0 aliphatic carbocycles. The van der Waals surface area contributed by atoms with E-state index in [9.17, 15) is 14.4 Å². The molecule has 1 fully saturated rings. The van der Waals surface area contributed by atoms with E-state index in [0.717, 1.165) is 22.9 Å². The van der Waals surface area contributed by atoms with Gasteiger partial charge in [0.1, 0.15) is 5.25 Å². The topological polar surface area (TPSA) is 66.5 Å². The fourth-order valence-electron chi connectivity index (χ4n) is 2.64. The fourth-order valence-corrected chi connectivity index (χ4v) is 3.61. The lowest BCUT2D eigenvalue weighted by molar-refractivity contribution is -0.121. The molecule has 2 aromatic rings. The Balaban J connectivity index is 1.69. The highest BCUT2D eigenvalue weighted by atomic mass is 32.2. The number of anilines is 2. The van der Waals surface area contributed by atoms with Crippen molar-refractivity contribution < 1.29 is 14.4 Å². The van der Waals surface area contributed by atoms with Crippen LogP contribution in [0.3, 0.4) is 0 Å². The van der Waals surface area contributed by atoms with Crippen LogP contribution < -0.4 is 10.2 Å². The summed E-state index contributed by atoms with van der Waals surface area (Å²) < 4.78 is 0. The van der Waals surface area contributed by atoms with E-state index in [0.29, 0.717) is 11.4 Å². The van der Waals surface area contributed by atoms with E-state index in [1.165, 1.54) is 4.90 Å². The van der Waals surface area contributed by atoms with E-state index in [2.05, 4.69) is 5.32 Å². The van der Waals surface area contributed by atoms with Crippen molar-refractivity contribution in [3.8, 4) is 0 Å². The van der Waals surface area contributed by atoms with Gasteiger partial charge >= 0.3 is 0 Å². The zero-order chi connectivity index (χ0) is 18.0. The summed E-state index contributed by atoms with van der Waals surface area (Å²) in [6, 6.07) is 14.6. The molecule has 0 aromatic heterocycles. The van der Waals surface area contributed by atoms with Gasteiger partial charge in [0.05, 0.1) is 5.69 Å². The van der Waals surface area contributed by atoms with Gasteiger partial charge in [-0.25, -0.2) is 4.90 Å². The minimum Gasteiger partial charge on any atom is -0.326 e. The SMILES string of the molecule is Cc1ccc(NC(=O)C[C@@H]2SC(=O)N(c3ccccc3C)C2=O)cc1. The third-order valence-electron chi connectivity index (χ3n) is 3.98. The third kappa shape index (κ3) is 3.74. The average molecular weight is 354 g/mol. The smallest absolute Gasteiger partial charge is 0.293 e. The first-order valence-electron chi connectivity index (χ1n) is 7.92. The Labute approximate surface area is 150 Å². The summed E-state index contributed by atoms with van der Waals surface area (Å²) in [6.07, 6.45) is -0.0362. The Morgan fingerprint density at radius 3 is 2.44 bits per heavy atom. The summed E-state index contributed by atoms with van der Waals surface area (Å²) in [5.41, 5.74) is 3.19. The summed E-state index contributed by atoms with van der Waals surface area (Å²) in [6.45, 7) is 3.81. The predicted octanol–water partition coefficient (Wildman–Crippen LogP) is 3.90. The Morgan fingerprint density at radius 1 is 1.08 bits per heavy atom. The van der Waals surface area contributed by atoms with Gasteiger partial charge in [-0.3, -0.25) is 14.4 Å². The van der Waals surface area contributed by atoms with Crippen molar-refractivity contribution >= 4 is 40.2 Å². The molecule has 2 aromatic carbocycles. The minimum absolute atomic E-state index is 0.0362. The van der Waals surface area contributed by atoms with Crippen LogP contribution in [0.2, 0.25) is 0 Å². The Morgan fingerprint density at radius 2 is 1.76 bits per heavy atom. The van der Waals surface area contributed by atoms with Crippen molar-refractivity contribution in [3.63, 3.8) is 0 Å². The van der Waals surface area contributed by atoms with Gasteiger partial charge in [0.15, 0.2) is 0 Å². The molecule has 1 aliphatic heterocycles. The number of benzene rings is 2. The maximum absolute atomic E-state index is 12.6. The van der Waals surface area contributed by atoms with Crippen LogP contribution >= 0.6 is 11.8 Å². The maximum atomic E-state index is 12.6. The number of carbonyl (C=O) groups is 3. The molecule has 128 valence electrons. The van der Waals surface area contributed by atoms with Gasteiger partial charge in [-0.15, -0.1) is 0 Å². The summed E-state index contributed by atoms with van der Waals surface area (Å²) in [5.74, 6) is -0.627. The third-order valence-corrected chi connectivity index (χ3v) is 5.02. The molecule has 0 spiro atoms. The van der Waals surface area contributed by atoms with Gasteiger partial charge in [0, 0.05) is 12.1 Å². The number of hydrogen-bond acceptors (Lipinski definition) is 4. The monoisotopic (exact) mass is 354 g/mol. The summed E-state index contributed by atoms with van der Waals surface area (Å²) in [4.78, 5) is 38.2. The number of nitrogens with one attached hydrogen (secondary N) is 1. The Bertz CT molecular complexity index is 833. The number of aryl methyl sites for hydroxylation is 2. The minimum atomic E-state index is -0.697. The summed E-state index contributed by atoms with van der Waals surface area (Å²) in [5, 5.41) is 1.73. The first-order valence-corrected chi connectivity index (χ1v) is 8.80. The predicted molar refractivity (Wildman–Crippen MR) is 99.9 cm³/mol. The molecule has 1 heterocycles. The second-order valence-corrected chi connectivity index (χ2v) is 7.10. The lowest BCUT2D eigenvalue weighted by atomic mass is 10.1. The molecule has 3 amide bonds. The molecule has 0 radical (unpaired) electrons. The van der Waals surface area contributed by atoms with Gasteiger partial charge in [-0.1, -0.05) is 35.9 Å². The van der Waals surface area contributed by atoms with Crippen LogP contribution in [0, 0.1) is 13.8 Å². The van der Waals surface area contributed by atoms with Crippen molar-refractivity contribution in [1.82, 2.24) is 0 Å². The van der Waals surface area contributed by atoms with Crippen LogP contribution in [0.4, 0.5) is 16.2 Å². The molecule has 5 nitrogen and oxygen atoms in total. The van der Waals surface area contributed by atoms with Crippen LogP contribution in [-0.2, 0) is 9.59 Å². The van der Waals surface area contributed by atoms with Crippen molar-refractivity contribution in [1.29, 1.82) is 0 Å². The van der Waals surface area contributed by atoms with Gasteiger partial charge in [0.2, 0.25) is 11.8 Å². The number of para-hydroxylation sites is 1. The van der Waals surface area contributed by atoms with E-state index in [-0.39, 0.29) is 23.5 Å². The average Bonchev–Trinajstić information content (AvgIpc) is 2.84. The van der Waals surface area contributed by atoms with Gasteiger partial charge in [-0.2, -0.15) is 0 Å². The molecule has 1 N–H and O–H groups in total. The Hall–Kier alpha value is -2.60. The Kier molecular flexibility index (Phi) is 4.90. The highest BCUT2D eigenvalue weighted by molar-refractivity contribution is 8.15. The van der Waals surface area contributed by atoms with Crippen molar-refractivity contribution in [2.24, 2.45) is 0 Å². The summed E-state index contributed by atoms with van der Waals surface area (Å²) in [7, 11) is 0. The first kappa shape index (κ1) is 17.2. The second-order valence-electron chi connectivity index (χ2n) is 5.95. The number of rotatable bonds is 4. The van der Waals surface area contributed by atoms with Crippen LogP contribution in [0.5, 0.6) is 0 Å². The van der Waals surface area contributed by atoms with Gasteiger partial charge in [-0.05, 0) is 49.4 Å². The number of amides is 3. The maximum Gasteiger partial charge on any atom is 0.293 e. The molecule has 1 atom stereocenters. The second kappa shape index (κ2) is 7.11. The van der Waals surface area contributed by atoms with Gasteiger partial charge in [0.25, 0.3) is 5.24 Å². The molecule has 0 saturated carbocycles. The van der Waals surface area contributed by atoms with Gasteiger partial charge < -0.3 is 5.32 Å². The zero-order valence-corrected chi connectivity index (χ0v) is 14.8. The number of hydrogen-bond donors (Lipinski definition) is 1. The van der Waals surface area contributed by atoms with E-state index >= 15 is 0 Å². The molecular weight excluding hydrogens is 336 g/mol.